The van der Waals surface area contributed by atoms with Crippen molar-refractivity contribution in [2.24, 2.45) is 0 Å². The van der Waals surface area contributed by atoms with Crippen molar-refractivity contribution in [3.63, 3.8) is 0 Å². The predicted molar refractivity (Wildman–Crippen MR) is 77.7 cm³/mol. The van der Waals surface area contributed by atoms with E-state index in [2.05, 4.69) is 31.2 Å². The lowest BCUT2D eigenvalue weighted by molar-refractivity contribution is -0.116. The average molecular weight is 320 g/mol. The molecular formula is C14H14BrN3O. The zero-order valence-electron chi connectivity index (χ0n) is 10.3. The first-order chi connectivity index (χ1) is 9.24. The van der Waals surface area contributed by atoms with E-state index in [4.69, 9.17) is 0 Å². The first-order valence-corrected chi connectivity index (χ1v) is 6.83. The van der Waals surface area contributed by atoms with E-state index in [0.29, 0.717) is 12.2 Å². The van der Waals surface area contributed by atoms with Crippen molar-refractivity contribution in [1.82, 2.24) is 9.97 Å². The summed E-state index contributed by atoms with van der Waals surface area (Å²) in [4.78, 5) is 19.8. The Morgan fingerprint density at radius 3 is 2.95 bits per heavy atom. The normalized spacial score (nSPS) is 10.2. The maximum Gasteiger partial charge on any atom is 0.225 e. The molecule has 0 radical (unpaired) electrons. The van der Waals surface area contributed by atoms with Gasteiger partial charge in [0.25, 0.3) is 0 Å². The molecule has 0 aromatic carbocycles. The minimum Gasteiger partial charge on any atom is -0.311 e. The Balaban J connectivity index is 1.76. The van der Waals surface area contributed by atoms with E-state index in [1.807, 2.05) is 24.4 Å². The van der Waals surface area contributed by atoms with Gasteiger partial charge in [0.05, 0.1) is 0 Å². The van der Waals surface area contributed by atoms with E-state index in [1.165, 1.54) is 0 Å². The predicted octanol–water partition coefficient (Wildman–Crippen LogP) is 3.20. The number of pyridine rings is 2. The number of nitrogens with one attached hydrogen (secondary N) is 1. The molecule has 0 bridgehead atoms. The Bertz CT molecular complexity index is 545. The fourth-order valence-electron chi connectivity index (χ4n) is 1.68. The monoisotopic (exact) mass is 319 g/mol. The molecule has 0 aliphatic carbocycles. The van der Waals surface area contributed by atoms with Gasteiger partial charge in [-0.3, -0.25) is 9.78 Å². The molecule has 2 heterocycles. The van der Waals surface area contributed by atoms with Crippen molar-refractivity contribution in [3.05, 3.63) is 52.9 Å². The van der Waals surface area contributed by atoms with Gasteiger partial charge in [-0.05, 0) is 36.6 Å². The van der Waals surface area contributed by atoms with Crippen LogP contribution in [-0.2, 0) is 11.2 Å². The van der Waals surface area contributed by atoms with Crippen LogP contribution in [0.5, 0.6) is 0 Å². The Morgan fingerprint density at radius 2 is 2.21 bits per heavy atom. The summed E-state index contributed by atoms with van der Waals surface area (Å²) in [5, 5.41) is 2.77. The maximum atomic E-state index is 11.7. The molecule has 2 aromatic rings. The van der Waals surface area contributed by atoms with E-state index in [9.17, 15) is 4.79 Å². The van der Waals surface area contributed by atoms with Crippen LogP contribution in [0.2, 0.25) is 0 Å². The molecule has 2 rings (SSSR count). The van der Waals surface area contributed by atoms with Crippen molar-refractivity contribution in [1.29, 1.82) is 0 Å². The number of carbonyl (C=O) groups excluding carboxylic acids is 1. The van der Waals surface area contributed by atoms with Crippen LogP contribution in [0.25, 0.3) is 0 Å². The van der Waals surface area contributed by atoms with Gasteiger partial charge < -0.3 is 5.32 Å². The fourth-order valence-corrected chi connectivity index (χ4v) is 2.01. The summed E-state index contributed by atoms with van der Waals surface area (Å²) in [6, 6.07) is 7.51. The highest BCUT2D eigenvalue weighted by Gasteiger charge is 2.03. The van der Waals surface area contributed by atoms with Crippen LogP contribution in [0.3, 0.4) is 0 Å². The highest BCUT2D eigenvalue weighted by Crippen LogP contribution is 2.13. The third kappa shape index (κ3) is 4.79. The summed E-state index contributed by atoms with van der Waals surface area (Å²) >= 11 is 3.34. The standard InChI is InChI=1S/C14H14BrN3O/c15-12-6-8-17-13(9-12)18-14(19)5-1-3-11-4-2-7-16-10-11/h2,4,6-10H,1,3,5H2,(H,17,18,19). The molecule has 5 heteroatoms. The van der Waals surface area contributed by atoms with Crippen molar-refractivity contribution in [2.75, 3.05) is 5.32 Å². The summed E-state index contributed by atoms with van der Waals surface area (Å²) in [6.45, 7) is 0. The lowest BCUT2D eigenvalue weighted by Crippen LogP contribution is -2.12. The van der Waals surface area contributed by atoms with Crippen LogP contribution in [0.1, 0.15) is 18.4 Å². The molecule has 1 amide bonds. The number of amides is 1. The summed E-state index contributed by atoms with van der Waals surface area (Å²) in [6.07, 6.45) is 7.35. The quantitative estimate of drug-likeness (QED) is 0.920. The zero-order valence-corrected chi connectivity index (χ0v) is 11.9. The topological polar surface area (TPSA) is 54.9 Å². The molecule has 98 valence electrons. The van der Waals surface area contributed by atoms with E-state index in [1.54, 1.807) is 18.5 Å². The Kier molecular flexibility index (Phi) is 5.03. The number of rotatable bonds is 5. The second kappa shape index (κ2) is 6.99. The van der Waals surface area contributed by atoms with Gasteiger partial charge in [-0.1, -0.05) is 22.0 Å². The number of aromatic nitrogens is 2. The Morgan fingerprint density at radius 1 is 1.32 bits per heavy atom. The molecule has 0 saturated carbocycles. The van der Waals surface area contributed by atoms with Gasteiger partial charge in [0.1, 0.15) is 5.82 Å². The van der Waals surface area contributed by atoms with Gasteiger partial charge in [0.15, 0.2) is 0 Å². The van der Waals surface area contributed by atoms with E-state index in [-0.39, 0.29) is 5.91 Å². The fraction of sp³-hybridized carbons (Fsp3) is 0.214. The smallest absolute Gasteiger partial charge is 0.225 e. The third-order valence-corrected chi connectivity index (χ3v) is 3.07. The molecule has 0 atom stereocenters. The highest BCUT2D eigenvalue weighted by atomic mass is 79.9. The van der Waals surface area contributed by atoms with Crippen LogP contribution in [0, 0.1) is 0 Å². The van der Waals surface area contributed by atoms with Crippen molar-refractivity contribution in [2.45, 2.75) is 19.3 Å². The lowest BCUT2D eigenvalue weighted by Gasteiger charge is -2.04. The molecule has 1 N–H and O–H groups in total. The second-order valence-electron chi connectivity index (χ2n) is 4.12. The zero-order chi connectivity index (χ0) is 13.5. The van der Waals surface area contributed by atoms with Gasteiger partial charge in [-0.25, -0.2) is 4.98 Å². The van der Waals surface area contributed by atoms with Crippen molar-refractivity contribution in [3.8, 4) is 0 Å². The lowest BCUT2D eigenvalue weighted by atomic mass is 10.1. The molecule has 0 aliphatic heterocycles. The van der Waals surface area contributed by atoms with Gasteiger partial charge in [0, 0.05) is 29.5 Å². The van der Waals surface area contributed by atoms with Crippen LogP contribution in [0.15, 0.2) is 47.3 Å². The van der Waals surface area contributed by atoms with E-state index in [0.717, 1.165) is 22.9 Å². The number of nitrogens with zero attached hydrogens (tertiary/aromatic N) is 2. The van der Waals surface area contributed by atoms with Crippen LogP contribution in [-0.4, -0.2) is 15.9 Å². The number of hydrogen-bond donors (Lipinski definition) is 1. The minimum atomic E-state index is -0.0190. The molecule has 0 fully saturated rings. The van der Waals surface area contributed by atoms with Gasteiger partial charge in [0.2, 0.25) is 5.91 Å². The third-order valence-electron chi connectivity index (χ3n) is 2.58. The summed E-state index contributed by atoms with van der Waals surface area (Å²) in [5.41, 5.74) is 1.15. The largest absolute Gasteiger partial charge is 0.311 e. The number of aryl methyl sites for hydroxylation is 1. The average Bonchev–Trinajstić information content (AvgIpc) is 2.40. The number of halogens is 1. The highest BCUT2D eigenvalue weighted by molar-refractivity contribution is 9.10. The van der Waals surface area contributed by atoms with Crippen molar-refractivity contribution >= 4 is 27.7 Å². The van der Waals surface area contributed by atoms with E-state index >= 15 is 0 Å². The van der Waals surface area contributed by atoms with Gasteiger partial charge in [-0.2, -0.15) is 0 Å². The van der Waals surface area contributed by atoms with E-state index < -0.39 is 0 Å². The molecule has 19 heavy (non-hydrogen) atoms. The van der Waals surface area contributed by atoms with Crippen LogP contribution < -0.4 is 5.32 Å². The van der Waals surface area contributed by atoms with Crippen LogP contribution >= 0.6 is 15.9 Å². The molecule has 0 unspecified atom stereocenters. The minimum absolute atomic E-state index is 0.0190. The summed E-state index contributed by atoms with van der Waals surface area (Å²) in [5.74, 6) is 0.551. The molecule has 0 saturated heterocycles. The summed E-state index contributed by atoms with van der Waals surface area (Å²) < 4.78 is 0.896. The maximum absolute atomic E-state index is 11.7. The summed E-state index contributed by atoms with van der Waals surface area (Å²) in [7, 11) is 0. The first kappa shape index (κ1) is 13.7. The SMILES string of the molecule is O=C(CCCc1cccnc1)Nc1cc(Br)ccn1. The van der Waals surface area contributed by atoms with Gasteiger partial charge in [-0.15, -0.1) is 0 Å². The number of hydrogen-bond acceptors (Lipinski definition) is 3. The van der Waals surface area contributed by atoms with Gasteiger partial charge >= 0.3 is 0 Å². The number of anilines is 1. The molecule has 4 nitrogen and oxygen atoms in total. The second-order valence-corrected chi connectivity index (χ2v) is 5.04. The van der Waals surface area contributed by atoms with Crippen LogP contribution in [0.4, 0.5) is 5.82 Å². The number of carbonyl (C=O) groups is 1. The molecule has 0 aliphatic rings. The Hall–Kier alpha value is -1.75. The molecular weight excluding hydrogens is 306 g/mol. The first-order valence-electron chi connectivity index (χ1n) is 6.04. The van der Waals surface area contributed by atoms with Crippen molar-refractivity contribution < 1.29 is 4.79 Å². The molecule has 2 aromatic heterocycles. The Labute approximate surface area is 120 Å². The molecule has 0 spiro atoms.